The van der Waals surface area contributed by atoms with Crippen molar-refractivity contribution in [2.75, 3.05) is 7.11 Å². The second kappa shape index (κ2) is 4.78. The van der Waals surface area contributed by atoms with Crippen LogP contribution in [0.4, 0.5) is 8.78 Å². The third-order valence-corrected chi connectivity index (χ3v) is 2.76. The van der Waals surface area contributed by atoms with Gasteiger partial charge in [-0.15, -0.1) is 0 Å². The number of methoxy groups -OCH3 is 1. The molecule has 3 nitrogen and oxygen atoms in total. The predicted octanol–water partition coefficient (Wildman–Crippen LogP) is 2.25. The van der Waals surface area contributed by atoms with E-state index in [-0.39, 0.29) is 10.5 Å². The third kappa shape index (κ3) is 2.58. The lowest BCUT2D eigenvalue weighted by Gasteiger charge is -2.13. The fourth-order valence-corrected chi connectivity index (χ4v) is 1.77. The molecule has 0 radical (unpaired) electrons. The Morgan fingerprint density at radius 3 is 2.40 bits per heavy atom. The molecular weight excluding hydrogens is 226 g/mol. The Hall–Kier alpha value is -0.850. The Balaban J connectivity index is 3.34. The Morgan fingerprint density at radius 1 is 1.40 bits per heavy atom. The van der Waals surface area contributed by atoms with E-state index in [0.717, 1.165) is 6.07 Å². The van der Waals surface area contributed by atoms with E-state index >= 15 is 0 Å². The predicted molar refractivity (Wildman–Crippen MR) is 50.8 cm³/mol. The highest BCUT2D eigenvalue weighted by Crippen LogP contribution is 2.25. The molecular formula is C9H10F2O3S. The number of halogens is 2. The summed E-state index contributed by atoms with van der Waals surface area (Å²) in [5.74, 6) is -2.22. The maximum absolute atomic E-state index is 12.9. The molecule has 0 fully saturated rings. The zero-order chi connectivity index (χ0) is 11.6. The summed E-state index contributed by atoms with van der Waals surface area (Å²) in [6.45, 7) is 1.57. The highest BCUT2D eigenvalue weighted by atomic mass is 32.2. The summed E-state index contributed by atoms with van der Waals surface area (Å²) < 4.78 is 50.4. The van der Waals surface area contributed by atoms with Crippen molar-refractivity contribution >= 4 is 11.1 Å². The summed E-state index contributed by atoms with van der Waals surface area (Å²) in [6, 6.07) is 1.57. The molecule has 84 valence electrons. The van der Waals surface area contributed by atoms with Gasteiger partial charge in [0.1, 0.15) is 0 Å². The van der Waals surface area contributed by atoms with Crippen LogP contribution in [0.3, 0.4) is 0 Å². The van der Waals surface area contributed by atoms with Gasteiger partial charge in [0.25, 0.3) is 0 Å². The van der Waals surface area contributed by atoms with Crippen LogP contribution in [-0.4, -0.2) is 15.9 Å². The lowest BCUT2D eigenvalue weighted by Crippen LogP contribution is -2.05. The van der Waals surface area contributed by atoms with Gasteiger partial charge >= 0.3 is 0 Å². The minimum atomic E-state index is -2.37. The van der Waals surface area contributed by atoms with Gasteiger partial charge in [-0.3, -0.25) is 0 Å². The summed E-state index contributed by atoms with van der Waals surface area (Å²) in [5, 5.41) is 0. The van der Waals surface area contributed by atoms with E-state index in [1.807, 2.05) is 0 Å². The highest BCUT2D eigenvalue weighted by molar-refractivity contribution is 7.79. The maximum Gasteiger partial charge on any atom is 0.186 e. The molecule has 0 spiro atoms. The van der Waals surface area contributed by atoms with Crippen LogP contribution in [0.2, 0.25) is 0 Å². The highest BCUT2D eigenvalue weighted by Gasteiger charge is 2.18. The SMILES string of the molecule is COC(C)c1cc(F)c(F)cc1S(=O)O. The molecule has 0 aliphatic rings. The lowest BCUT2D eigenvalue weighted by atomic mass is 10.1. The number of benzene rings is 1. The average Bonchev–Trinajstić information content (AvgIpc) is 2.20. The molecule has 0 bridgehead atoms. The first-order chi connectivity index (χ1) is 6.97. The fraction of sp³-hybridized carbons (Fsp3) is 0.333. The van der Waals surface area contributed by atoms with Crippen LogP contribution in [0.25, 0.3) is 0 Å². The summed E-state index contributed by atoms with van der Waals surface area (Å²) >= 11 is -2.37. The third-order valence-electron chi connectivity index (χ3n) is 2.03. The molecule has 0 saturated carbocycles. The number of rotatable bonds is 3. The van der Waals surface area contributed by atoms with Gasteiger partial charge in [-0.2, -0.15) is 0 Å². The van der Waals surface area contributed by atoms with E-state index in [9.17, 15) is 13.0 Å². The second-order valence-electron chi connectivity index (χ2n) is 2.93. The van der Waals surface area contributed by atoms with E-state index < -0.39 is 28.8 Å². The number of hydrogen-bond donors (Lipinski definition) is 1. The maximum atomic E-state index is 12.9. The first-order valence-corrected chi connectivity index (χ1v) is 5.20. The van der Waals surface area contributed by atoms with Crippen molar-refractivity contribution in [1.82, 2.24) is 0 Å². The molecule has 1 rings (SSSR count). The van der Waals surface area contributed by atoms with Crippen molar-refractivity contribution in [3.63, 3.8) is 0 Å². The van der Waals surface area contributed by atoms with Gasteiger partial charge < -0.3 is 9.29 Å². The molecule has 0 aliphatic heterocycles. The Kier molecular flexibility index (Phi) is 3.90. The van der Waals surface area contributed by atoms with Gasteiger partial charge in [-0.1, -0.05) is 0 Å². The molecule has 0 saturated heterocycles. The molecule has 6 heteroatoms. The van der Waals surface area contributed by atoms with Crippen LogP contribution < -0.4 is 0 Å². The summed E-state index contributed by atoms with van der Waals surface area (Å²) in [6.07, 6.45) is -0.578. The van der Waals surface area contributed by atoms with Crippen molar-refractivity contribution in [1.29, 1.82) is 0 Å². The first kappa shape index (κ1) is 12.2. The molecule has 1 N–H and O–H groups in total. The van der Waals surface area contributed by atoms with Gasteiger partial charge in [-0.05, 0) is 19.1 Å². The molecule has 2 unspecified atom stereocenters. The van der Waals surface area contributed by atoms with E-state index in [1.54, 1.807) is 6.92 Å². The van der Waals surface area contributed by atoms with Gasteiger partial charge in [0, 0.05) is 12.7 Å². The van der Waals surface area contributed by atoms with Crippen LogP contribution in [0, 0.1) is 11.6 Å². The zero-order valence-corrected chi connectivity index (χ0v) is 8.98. The molecule has 0 heterocycles. The Bertz CT molecular complexity index is 395. The van der Waals surface area contributed by atoms with Crippen LogP contribution in [0.15, 0.2) is 17.0 Å². The summed E-state index contributed by atoms with van der Waals surface area (Å²) in [5.41, 5.74) is 0.164. The molecule has 15 heavy (non-hydrogen) atoms. The second-order valence-corrected chi connectivity index (χ2v) is 3.87. The molecule has 2 atom stereocenters. The minimum Gasteiger partial charge on any atom is -0.377 e. The standard InChI is InChI=1S/C9H10F2O3S/c1-5(14-2)6-3-7(10)8(11)4-9(6)15(12)13/h3-5H,1-2H3,(H,12,13). The summed E-state index contributed by atoms with van der Waals surface area (Å²) in [7, 11) is 1.37. The van der Waals surface area contributed by atoms with Gasteiger partial charge in [0.05, 0.1) is 11.0 Å². The minimum absolute atomic E-state index is 0.164. The topological polar surface area (TPSA) is 46.5 Å². The van der Waals surface area contributed by atoms with Crippen molar-refractivity contribution < 1.29 is 22.3 Å². The fourth-order valence-electron chi connectivity index (χ4n) is 1.14. The monoisotopic (exact) mass is 236 g/mol. The largest absolute Gasteiger partial charge is 0.377 e. The van der Waals surface area contributed by atoms with Crippen molar-refractivity contribution in [3.05, 3.63) is 29.3 Å². The van der Waals surface area contributed by atoms with E-state index in [4.69, 9.17) is 9.29 Å². The number of ether oxygens (including phenoxy) is 1. The average molecular weight is 236 g/mol. The van der Waals surface area contributed by atoms with Crippen molar-refractivity contribution in [2.45, 2.75) is 17.9 Å². The number of hydrogen-bond acceptors (Lipinski definition) is 2. The van der Waals surface area contributed by atoms with Crippen molar-refractivity contribution in [3.8, 4) is 0 Å². The Labute approximate surface area is 88.3 Å². The van der Waals surface area contributed by atoms with Gasteiger partial charge in [-0.25, -0.2) is 13.0 Å². The summed E-state index contributed by atoms with van der Waals surface area (Å²) in [4.78, 5) is -0.178. The van der Waals surface area contributed by atoms with Crippen LogP contribution in [0.5, 0.6) is 0 Å². The van der Waals surface area contributed by atoms with Crippen LogP contribution in [0.1, 0.15) is 18.6 Å². The first-order valence-electron chi connectivity index (χ1n) is 4.10. The molecule has 1 aromatic rings. The van der Waals surface area contributed by atoms with Gasteiger partial charge in [0.2, 0.25) is 0 Å². The van der Waals surface area contributed by atoms with Crippen LogP contribution in [-0.2, 0) is 15.8 Å². The smallest absolute Gasteiger partial charge is 0.186 e. The van der Waals surface area contributed by atoms with Crippen LogP contribution >= 0.6 is 0 Å². The molecule has 0 aliphatic carbocycles. The van der Waals surface area contributed by atoms with E-state index in [1.165, 1.54) is 7.11 Å². The normalized spacial score (nSPS) is 15.0. The van der Waals surface area contributed by atoms with E-state index in [2.05, 4.69) is 0 Å². The van der Waals surface area contributed by atoms with Crippen molar-refractivity contribution in [2.24, 2.45) is 0 Å². The molecule has 0 aromatic heterocycles. The van der Waals surface area contributed by atoms with Gasteiger partial charge in [0.15, 0.2) is 22.7 Å². The molecule has 1 aromatic carbocycles. The zero-order valence-electron chi connectivity index (χ0n) is 8.16. The quantitative estimate of drug-likeness (QED) is 0.819. The molecule has 0 amide bonds. The Morgan fingerprint density at radius 2 is 1.93 bits per heavy atom. The lowest BCUT2D eigenvalue weighted by molar-refractivity contribution is 0.116. The van der Waals surface area contributed by atoms with E-state index in [0.29, 0.717) is 6.07 Å².